The Bertz CT molecular complexity index is 452. The first-order chi connectivity index (χ1) is 8.76. The summed E-state index contributed by atoms with van der Waals surface area (Å²) < 4.78 is 36.3. The molecule has 1 aromatic rings. The fraction of sp³-hybridized carbons (Fsp3) is 0.308. The van der Waals surface area contributed by atoms with Gasteiger partial charge in [0.05, 0.1) is 0 Å². The van der Waals surface area contributed by atoms with E-state index >= 15 is 0 Å². The largest absolute Gasteiger partial charge is 0.446 e. The average molecular weight is 289 g/mol. The Morgan fingerprint density at radius 2 is 1.84 bits per heavy atom. The summed E-state index contributed by atoms with van der Waals surface area (Å²) in [5.41, 5.74) is -3.84. The molecule has 0 heterocycles. The monoisotopic (exact) mass is 289 g/mol. The molecular weight excluding hydrogens is 275 g/mol. The summed E-state index contributed by atoms with van der Waals surface area (Å²) in [6.45, 7) is 3.87. The number of hydrogen-bond donors (Lipinski definition) is 1. The molecule has 0 aliphatic rings. The number of thioether (sulfide) groups is 1. The number of anilines is 1. The minimum absolute atomic E-state index is 0.0863. The predicted molar refractivity (Wildman–Crippen MR) is 71.0 cm³/mol. The van der Waals surface area contributed by atoms with Crippen LogP contribution in [0, 0.1) is 5.92 Å². The van der Waals surface area contributed by atoms with E-state index in [0.717, 1.165) is 0 Å². The van der Waals surface area contributed by atoms with Gasteiger partial charge >= 0.3 is 5.51 Å². The lowest BCUT2D eigenvalue weighted by Crippen LogP contribution is -2.08. The summed E-state index contributed by atoms with van der Waals surface area (Å²) in [7, 11) is 0. The Balaban J connectivity index is 2.60. The number of allylic oxidation sites excluding steroid dienone is 1. The quantitative estimate of drug-likeness (QED) is 0.655. The van der Waals surface area contributed by atoms with Crippen LogP contribution in [0.5, 0.6) is 0 Å². The van der Waals surface area contributed by atoms with E-state index in [1.807, 2.05) is 13.8 Å². The van der Waals surface area contributed by atoms with E-state index in [2.05, 4.69) is 5.32 Å². The summed E-state index contributed by atoms with van der Waals surface area (Å²) >= 11 is -0.184. The van der Waals surface area contributed by atoms with Gasteiger partial charge < -0.3 is 5.32 Å². The van der Waals surface area contributed by atoms with Crippen molar-refractivity contribution in [1.29, 1.82) is 0 Å². The Hall–Kier alpha value is -1.43. The van der Waals surface area contributed by atoms with Crippen molar-refractivity contribution in [3.05, 3.63) is 36.4 Å². The molecule has 0 spiro atoms. The summed E-state index contributed by atoms with van der Waals surface area (Å²) in [5, 5.41) is 2.57. The number of rotatable bonds is 4. The fourth-order valence-electron chi connectivity index (χ4n) is 1.20. The molecule has 0 aromatic heterocycles. The highest BCUT2D eigenvalue weighted by Crippen LogP contribution is 2.36. The predicted octanol–water partition coefficient (Wildman–Crippen LogP) is 4.45. The number of carbonyl (C=O) groups is 1. The molecule has 0 unspecified atom stereocenters. The second-order valence-electron chi connectivity index (χ2n) is 4.16. The maximum atomic E-state index is 12.1. The van der Waals surface area contributed by atoms with E-state index in [-0.39, 0.29) is 28.5 Å². The molecule has 0 saturated heterocycles. The van der Waals surface area contributed by atoms with E-state index in [0.29, 0.717) is 5.69 Å². The van der Waals surface area contributed by atoms with Crippen LogP contribution in [-0.2, 0) is 4.79 Å². The lowest BCUT2D eigenvalue weighted by molar-refractivity contribution is -0.111. The Morgan fingerprint density at radius 1 is 1.26 bits per heavy atom. The fourth-order valence-corrected chi connectivity index (χ4v) is 1.74. The van der Waals surface area contributed by atoms with Gasteiger partial charge in [-0.25, -0.2) is 0 Å². The van der Waals surface area contributed by atoms with Crippen molar-refractivity contribution in [3.63, 3.8) is 0 Å². The van der Waals surface area contributed by atoms with Crippen LogP contribution in [0.1, 0.15) is 13.8 Å². The lowest BCUT2D eigenvalue weighted by Gasteiger charge is -2.07. The summed E-state index contributed by atoms with van der Waals surface area (Å²) in [5.74, 6) is -0.0405. The van der Waals surface area contributed by atoms with Crippen LogP contribution in [0.15, 0.2) is 41.3 Å². The zero-order valence-electron chi connectivity index (χ0n) is 10.5. The van der Waals surface area contributed by atoms with Crippen molar-refractivity contribution in [2.75, 3.05) is 5.32 Å². The van der Waals surface area contributed by atoms with Gasteiger partial charge in [-0.3, -0.25) is 4.79 Å². The highest BCUT2D eigenvalue weighted by molar-refractivity contribution is 8.00. The molecular formula is C13H14F3NOS. The minimum atomic E-state index is -4.30. The molecule has 0 aliphatic carbocycles. The van der Waals surface area contributed by atoms with Gasteiger partial charge in [0.15, 0.2) is 0 Å². The molecule has 1 N–H and O–H groups in total. The molecule has 0 fully saturated rings. The molecule has 104 valence electrons. The van der Waals surface area contributed by atoms with Crippen LogP contribution >= 0.6 is 11.8 Å². The van der Waals surface area contributed by atoms with Gasteiger partial charge in [0, 0.05) is 10.6 Å². The highest BCUT2D eigenvalue weighted by atomic mass is 32.2. The summed E-state index contributed by atoms with van der Waals surface area (Å²) in [6, 6.07) is 5.52. The Labute approximate surface area is 114 Å². The minimum Gasteiger partial charge on any atom is -0.323 e. The van der Waals surface area contributed by atoms with E-state index in [4.69, 9.17) is 0 Å². The first-order valence-corrected chi connectivity index (χ1v) is 6.43. The third-order valence-electron chi connectivity index (χ3n) is 1.99. The van der Waals surface area contributed by atoms with E-state index in [1.54, 1.807) is 6.08 Å². The van der Waals surface area contributed by atoms with Crippen LogP contribution in [0.4, 0.5) is 18.9 Å². The zero-order valence-corrected chi connectivity index (χ0v) is 11.3. The van der Waals surface area contributed by atoms with Crippen LogP contribution in [0.25, 0.3) is 0 Å². The molecule has 0 saturated carbocycles. The van der Waals surface area contributed by atoms with Gasteiger partial charge in [0.1, 0.15) is 0 Å². The number of nitrogens with one attached hydrogen (secondary N) is 1. The second kappa shape index (κ2) is 6.65. The van der Waals surface area contributed by atoms with Crippen LogP contribution in [0.2, 0.25) is 0 Å². The highest BCUT2D eigenvalue weighted by Gasteiger charge is 2.28. The Kier molecular flexibility index (Phi) is 5.47. The third-order valence-corrected chi connectivity index (χ3v) is 2.73. The third kappa shape index (κ3) is 6.91. The first-order valence-electron chi connectivity index (χ1n) is 5.61. The van der Waals surface area contributed by atoms with Crippen LogP contribution < -0.4 is 5.32 Å². The van der Waals surface area contributed by atoms with Gasteiger partial charge in [-0.05, 0) is 48.0 Å². The van der Waals surface area contributed by atoms with E-state index < -0.39 is 5.51 Å². The Morgan fingerprint density at radius 3 is 2.32 bits per heavy atom. The SMILES string of the molecule is CC(C)/C=C/C(=O)Nc1ccc(SC(F)(F)F)cc1. The summed E-state index contributed by atoms with van der Waals surface area (Å²) in [4.78, 5) is 11.5. The van der Waals surface area contributed by atoms with Gasteiger partial charge in [-0.2, -0.15) is 13.2 Å². The maximum absolute atomic E-state index is 12.1. The lowest BCUT2D eigenvalue weighted by atomic mass is 10.2. The molecule has 0 bridgehead atoms. The van der Waals surface area contributed by atoms with Crippen molar-refractivity contribution in [1.82, 2.24) is 0 Å². The normalized spacial score (nSPS) is 12.1. The molecule has 19 heavy (non-hydrogen) atoms. The number of alkyl halides is 3. The number of benzene rings is 1. The number of amides is 1. The van der Waals surface area contributed by atoms with Crippen molar-refractivity contribution in [2.45, 2.75) is 24.3 Å². The maximum Gasteiger partial charge on any atom is 0.446 e. The number of carbonyl (C=O) groups excluding carboxylic acids is 1. The summed E-state index contributed by atoms with van der Waals surface area (Å²) in [6.07, 6.45) is 3.15. The van der Waals surface area contributed by atoms with Crippen molar-refractivity contribution in [2.24, 2.45) is 5.92 Å². The zero-order chi connectivity index (χ0) is 14.5. The molecule has 1 rings (SSSR count). The van der Waals surface area contributed by atoms with Crippen molar-refractivity contribution < 1.29 is 18.0 Å². The van der Waals surface area contributed by atoms with E-state index in [9.17, 15) is 18.0 Å². The molecule has 0 radical (unpaired) electrons. The molecule has 0 aliphatic heterocycles. The van der Waals surface area contributed by atoms with Crippen LogP contribution in [-0.4, -0.2) is 11.4 Å². The van der Waals surface area contributed by atoms with Gasteiger partial charge in [-0.15, -0.1) is 0 Å². The first kappa shape index (κ1) is 15.6. The van der Waals surface area contributed by atoms with Gasteiger partial charge in [0.2, 0.25) is 5.91 Å². The smallest absolute Gasteiger partial charge is 0.323 e. The molecule has 6 heteroatoms. The second-order valence-corrected chi connectivity index (χ2v) is 5.30. The molecule has 1 amide bonds. The number of halogens is 3. The molecule has 1 aromatic carbocycles. The standard InChI is InChI=1S/C13H14F3NOS/c1-9(2)3-8-12(18)17-10-4-6-11(7-5-10)19-13(14,15)16/h3-9H,1-2H3,(H,17,18)/b8-3+. The van der Waals surface area contributed by atoms with Crippen molar-refractivity contribution >= 4 is 23.4 Å². The molecule has 0 atom stereocenters. The number of hydrogen-bond acceptors (Lipinski definition) is 2. The van der Waals surface area contributed by atoms with E-state index in [1.165, 1.54) is 30.3 Å². The van der Waals surface area contributed by atoms with Crippen LogP contribution in [0.3, 0.4) is 0 Å². The topological polar surface area (TPSA) is 29.1 Å². The van der Waals surface area contributed by atoms with Gasteiger partial charge in [-0.1, -0.05) is 19.9 Å². The van der Waals surface area contributed by atoms with Gasteiger partial charge in [0.25, 0.3) is 0 Å². The molecule has 2 nitrogen and oxygen atoms in total. The van der Waals surface area contributed by atoms with Crippen molar-refractivity contribution in [3.8, 4) is 0 Å². The average Bonchev–Trinajstić information content (AvgIpc) is 2.27.